The molecule has 0 amide bonds. The summed E-state index contributed by atoms with van der Waals surface area (Å²) in [6.45, 7) is 0. The third-order valence-electron chi connectivity index (χ3n) is 7.81. The van der Waals surface area contributed by atoms with E-state index in [0.717, 1.165) is 0 Å². The molecule has 0 bridgehead atoms. The topological polar surface area (TPSA) is 38.9 Å². The normalized spacial score (nSPS) is 19.8. The maximum atomic E-state index is 9.96. The third kappa shape index (κ3) is 4.90. The highest BCUT2D eigenvalue weighted by molar-refractivity contribution is 6.14. The van der Waals surface area contributed by atoms with E-state index in [1.165, 1.54) is 0 Å². The summed E-state index contributed by atoms with van der Waals surface area (Å²) >= 11 is 0. The van der Waals surface area contributed by atoms with Crippen LogP contribution in [0.1, 0.15) is 41.1 Å². The molecule has 238 valence electrons. The lowest BCUT2D eigenvalue weighted by atomic mass is 9.91. The quantitative estimate of drug-likeness (QED) is 0.182. The summed E-state index contributed by atoms with van der Waals surface area (Å²) in [7, 11) is 0. The van der Waals surface area contributed by atoms with E-state index in [1.807, 2.05) is 0 Å². The Balaban J connectivity index is 1.46. The minimum Gasteiger partial charge on any atom is -0.455 e. The fourth-order valence-corrected chi connectivity index (χ4v) is 5.60. The van der Waals surface area contributed by atoms with Crippen LogP contribution in [0.2, 0.25) is 0 Å². The molecule has 3 nitrogen and oxygen atoms in total. The second-order valence-corrected chi connectivity index (χ2v) is 10.6. The molecule has 0 saturated carbocycles. The van der Waals surface area contributed by atoms with Crippen molar-refractivity contribution in [2.45, 2.75) is 0 Å². The third-order valence-corrected chi connectivity index (χ3v) is 7.81. The van der Waals surface area contributed by atoms with Crippen molar-refractivity contribution in [3.8, 4) is 56.2 Å². The molecule has 10 aromatic rings. The van der Waals surface area contributed by atoms with E-state index in [1.54, 1.807) is 0 Å². The van der Waals surface area contributed by atoms with Gasteiger partial charge >= 0.3 is 0 Å². The first-order valence-electron chi connectivity index (χ1n) is 29.8. The summed E-state index contributed by atoms with van der Waals surface area (Å²) in [5.41, 5.74) is -8.91. The second-order valence-electron chi connectivity index (χ2n) is 10.6. The lowest BCUT2D eigenvalue weighted by Gasteiger charge is -2.15. The van der Waals surface area contributed by atoms with Crippen molar-refractivity contribution in [3.63, 3.8) is 0 Å². The fraction of sp³-hybridized carbons (Fsp3) is 0. The minimum absolute atomic E-state index is 0.438. The van der Waals surface area contributed by atoms with Crippen LogP contribution in [0.4, 0.5) is 0 Å². The zero-order chi connectivity index (χ0) is 59.8. The van der Waals surface area contributed by atoms with Gasteiger partial charge in [-0.15, -0.1) is 0 Å². The molecule has 0 saturated heterocycles. The Kier molecular flexibility index (Phi) is 2.78. The van der Waals surface area contributed by atoms with Gasteiger partial charge in [-0.3, -0.25) is 0 Å². The number of fused-ring (bicyclic) bond motifs is 5. The van der Waals surface area contributed by atoms with Crippen molar-refractivity contribution in [2.24, 2.45) is 0 Å². The number of benzene rings is 8. The van der Waals surface area contributed by atoms with E-state index in [0.29, 0.717) is 0 Å². The molecule has 2 heterocycles. The van der Waals surface area contributed by atoms with Crippen molar-refractivity contribution < 1.29 is 45.5 Å². The molecule has 2 aromatic heterocycles. The van der Waals surface area contributed by atoms with E-state index in [-0.39, 0.29) is 0 Å². The molecule has 0 radical (unpaired) electrons. The SMILES string of the molecule is [2H]c1c(-c2c([2H])c([2H])c(-c3c([2H])c([2H])c([2H])c([2H])c3[2H])c3c([2H])c([2H])c([2H])c([2H])c23)nc(-c2c([2H])c([2H])c([2H])c([2H])c2[2H])nc1-c1c([2H])c([2H])c(-c2c([2H])c([2H])c([2H])c3c2oc2c([2H])c([2H])c([2H])c([2H])c23)c2c([2H])c([2H])c([2H])c([2H])c12. The largest absolute Gasteiger partial charge is 0.455 e. The molecule has 0 N–H and O–H groups in total. The molecule has 0 aliphatic heterocycles. The van der Waals surface area contributed by atoms with Crippen LogP contribution in [0.15, 0.2) is 186 Å². The van der Waals surface area contributed by atoms with E-state index in [9.17, 15) is 12.3 Å². The molecule has 51 heavy (non-hydrogen) atoms. The smallest absolute Gasteiger partial charge is 0.160 e. The maximum absolute atomic E-state index is 9.96. The molecule has 10 rings (SSSR count). The number of para-hydroxylation sites is 2. The Hall–Kier alpha value is -6.84. The summed E-state index contributed by atoms with van der Waals surface area (Å²) in [5.74, 6) is -0.978. The van der Waals surface area contributed by atoms with Crippen molar-refractivity contribution in [3.05, 3.63) is 181 Å². The number of furan rings is 1. The number of nitrogens with zero attached hydrogens (tertiary/aromatic N) is 2. The van der Waals surface area contributed by atoms with Crippen LogP contribution in [0.5, 0.6) is 0 Å². The zero-order valence-corrected chi connectivity index (χ0v) is 25.3. The molecule has 3 heteroatoms. The number of aromatic nitrogens is 2. The lowest BCUT2D eigenvalue weighted by molar-refractivity contribution is 0.670. The summed E-state index contributed by atoms with van der Waals surface area (Å²) in [5, 5.41) is -4.07. The average Bonchev–Trinajstić information content (AvgIpc) is 3.84. The van der Waals surface area contributed by atoms with E-state index >= 15 is 0 Å². The maximum Gasteiger partial charge on any atom is 0.160 e. The summed E-state index contributed by atoms with van der Waals surface area (Å²) in [4.78, 5) is 8.80. The number of hydrogen-bond donors (Lipinski definition) is 0. The van der Waals surface area contributed by atoms with E-state index in [4.69, 9.17) is 33.2 Å². The molecule has 0 spiro atoms. The number of hydrogen-bond acceptors (Lipinski definition) is 3. The first kappa shape index (κ1) is 11.9. The van der Waals surface area contributed by atoms with Gasteiger partial charge in [0.25, 0.3) is 0 Å². The molecule has 0 aliphatic carbocycles. The Morgan fingerprint density at radius 3 is 1.47 bits per heavy atom. The van der Waals surface area contributed by atoms with Crippen LogP contribution < -0.4 is 0 Å². The highest BCUT2D eigenvalue weighted by atomic mass is 16.3. The second kappa shape index (κ2) is 11.9. The predicted molar refractivity (Wildman–Crippen MR) is 212 cm³/mol. The summed E-state index contributed by atoms with van der Waals surface area (Å²) < 4.78 is 274. The monoisotopic (exact) mass is 680 g/mol. The standard InChI is InChI=1S/C48H30N2O/c1-3-14-31(15-4-1)33-26-28-39(36-20-9-7-18-34(33)36)44-30-45(50-48(49-44)32-16-5-2-6-17-32)40-29-27-38(35-19-8-10-21-37(35)40)42-23-13-24-43-41-22-11-12-25-46(41)51-47(42)43/h1-30H/i1D,2D,3D,4D,5D,6D,7D,8D,9D,10D,11D,12D,13D,14D,15D,16D,17D,18D,19D,20D,21D,22D,23D,24D,25D,26D,27D,28D,29D,30D. The summed E-state index contributed by atoms with van der Waals surface area (Å²) in [6, 6.07) is -29.1. The van der Waals surface area contributed by atoms with Crippen LogP contribution in [-0.4, -0.2) is 9.97 Å². The fourth-order valence-electron chi connectivity index (χ4n) is 5.60. The van der Waals surface area contributed by atoms with Gasteiger partial charge in [-0.05, 0) is 50.3 Å². The van der Waals surface area contributed by atoms with Crippen molar-refractivity contribution >= 4 is 43.5 Å². The Bertz CT molecular complexity index is 4590. The lowest BCUT2D eigenvalue weighted by Crippen LogP contribution is -1.97. The molecular weight excluding hydrogens is 621 g/mol. The molecule has 0 atom stereocenters. The van der Waals surface area contributed by atoms with Crippen LogP contribution >= 0.6 is 0 Å². The van der Waals surface area contributed by atoms with E-state index in [2.05, 4.69) is 9.97 Å². The highest BCUT2D eigenvalue weighted by Crippen LogP contribution is 2.42. The van der Waals surface area contributed by atoms with Crippen LogP contribution in [0.3, 0.4) is 0 Å². The van der Waals surface area contributed by atoms with Gasteiger partial charge in [0.1, 0.15) is 11.2 Å². The van der Waals surface area contributed by atoms with Gasteiger partial charge in [-0.25, -0.2) is 9.97 Å². The zero-order valence-electron chi connectivity index (χ0n) is 55.3. The molecular formula is C48H30N2O. The van der Waals surface area contributed by atoms with Crippen LogP contribution in [0, 0.1) is 0 Å². The Morgan fingerprint density at radius 2 is 0.824 bits per heavy atom. The van der Waals surface area contributed by atoms with Gasteiger partial charge in [0.15, 0.2) is 5.82 Å². The van der Waals surface area contributed by atoms with Crippen LogP contribution in [0.25, 0.3) is 99.6 Å². The van der Waals surface area contributed by atoms with Crippen molar-refractivity contribution in [2.75, 3.05) is 0 Å². The van der Waals surface area contributed by atoms with Crippen molar-refractivity contribution in [1.82, 2.24) is 9.97 Å². The van der Waals surface area contributed by atoms with Gasteiger partial charge < -0.3 is 4.42 Å². The first-order chi connectivity index (χ1) is 37.8. The predicted octanol–water partition coefficient (Wildman–Crippen LogP) is 13.0. The van der Waals surface area contributed by atoms with Crippen molar-refractivity contribution in [1.29, 1.82) is 0 Å². The van der Waals surface area contributed by atoms with Crippen LogP contribution in [-0.2, 0) is 0 Å². The molecule has 0 aliphatic rings. The van der Waals surface area contributed by atoms with Gasteiger partial charge in [0, 0.05) is 33.0 Å². The first-order valence-corrected chi connectivity index (χ1v) is 14.8. The average molecular weight is 681 g/mol. The highest BCUT2D eigenvalue weighted by Gasteiger charge is 2.19. The number of rotatable bonds is 5. The molecule has 8 aromatic carbocycles. The van der Waals surface area contributed by atoms with E-state index < -0.39 is 281 Å². The van der Waals surface area contributed by atoms with Gasteiger partial charge in [0.05, 0.1) is 52.5 Å². The Morgan fingerprint density at radius 1 is 0.353 bits per heavy atom. The molecule has 0 fully saturated rings. The van der Waals surface area contributed by atoms with Gasteiger partial charge in [-0.1, -0.05) is 169 Å². The minimum atomic E-state index is -1.14. The molecule has 0 unspecified atom stereocenters. The van der Waals surface area contributed by atoms with Gasteiger partial charge in [-0.2, -0.15) is 0 Å². The summed E-state index contributed by atoms with van der Waals surface area (Å²) in [6.07, 6.45) is 0. The van der Waals surface area contributed by atoms with Gasteiger partial charge in [0.2, 0.25) is 0 Å². The Labute approximate surface area is 337 Å².